The molecule has 6 nitrogen and oxygen atoms in total. The second-order valence-corrected chi connectivity index (χ2v) is 6.32. The van der Waals surface area contributed by atoms with Crippen molar-refractivity contribution in [3.05, 3.63) is 71.4 Å². The van der Waals surface area contributed by atoms with Gasteiger partial charge in [0, 0.05) is 23.1 Å². The Morgan fingerprint density at radius 3 is 2.21 bits per heavy atom. The van der Waals surface area contributed by atoms with Crippen LogP contribution in [0.4, 0.5) is 23.1 Å². The molecular weight excluding hydrogens is 352 g/mol. The minimum absolute atomic E-state index is 0.332. The molecule has 2 N–H and O–H groups in total. The van der Waals surface area contributed by atoms with Crippen LogP contribution in [0.1, 0.15) is 35.5 Å². The highest BCUT2D eigenvalue weighted by molar-refractivity contribution is 5.89. The van der Waals surface area contributed by atoms with E-state index in [2.05, 4.69) is 39.7 Å². The number of esters is 1. The molecule has 0 aliphatic heterocycles. The van der Waals surface area contributed by atoms with E-state index in [1.54, 1.807) is 31.2 Å². The van der Waals surface area contributed by atoms with Crippen LogP contribution < -0.4 is 10.6 Å². The zero-order chi connectivity index (χ0) is 19.9. The number of carbonyl (C=O) groups is 1. The molecule has 1 heterocycles. The zero-order valence-electron chi connectivity index (χ0n) is 16.3. The van der Waals surface area contributed by atoms with Crippen LogP contribution in [0.15, 0.2) is 54.6 Å². The Kier molecular flexibility index (Phi) is 6.22. The summed E-state index contributed by atoms with van der Waals surface area (Å²) >= 11 is 0. The van der Waals surface area contributed by atoms with Crippen molar-refractivity contribution < 1.29 is 9.53 Å². The van der Waals surface area contributed by atoms with Crippen LogP contribution in [0.25, 0.3) is 0 Å². The molecule has 0 fully saturated rings. The molecule has 3 rings (SSSR count). The highest BCUT2D eigenvalue weighted by Gasteiger charge is 2.07. The van der Waals surface area contributed by atoms with Gasteiger partial charge in [-0.3, -0.25) is 0 Å². The first-order valence-corrected chi connectivity index (χ1v) is 9.33. The molecule has 0 unspecified atom stereocenters. The van der Waals surface area contributed by atoms with Gasteiger partial charge in [0.2, 0.25) is 5.95 Å². The fourth-order valence-electron chi connectivity index (χ4n) is 2.69. The lowest BCUT2D eigenvalue weighted by atomic mass is 10.1. The Labute approximate surface area is 165 Å². The number of hydrogen-bond acceptors (Lipinski definition) is 6. The summed E-state index contributed by atoms with van der Waals surface area (Å²) in [6.07, 6.45) is 1.01. The maximum absolute atomic E-state index is 11.7. The van der Waals surface area contributed by atoms with Gasteiger partial charge in [0.15, 0.2) is 0 Å². The quantitative estimate of drug-likeness (QED) is 0.565. The summed E-state index contributed by atoms with van der Waals surface area (Å²) in [7, 11) is 0. The van der Waals surface area contributed by atoms with E-state index in [0.29, 0.717) is 23.9 Å². The summed E-state index contributed by atoms with van der Waals surface area (Å²) in [5.41, 5.74) is 4.40. The molecule has 0 atom stereocenters. The van der Waals surface area contributed by atoms with Crippen LogP contribution >= 0.6 is 0 Å². The van der Waals surface area contributed by atoms with Crippen LogP contribution in [0.5, 0.6) is 0 Å². The molecule has 0 radical (unpaired) electrons. The van der Waals surface area contributed by atoms with E-state index < -0.39 is 0 Å². The molecule has 0 aliphatic rings. The molecule has 0 spiro atoms. The maximum Gasteiger partial charge on any atom is 0.338 e. The zero-order valence-corrected chi connectivity index (χ0v) is 16.3. The van der Waals surface area contributed by atoms with E-state index in [0.717, 1.165) is 23.5 Å². The first-order chi connectivity index (χ1) is 13.6. The fraction of sp³-hybridized carbons (Fsp3) is 0.227. The van der Waals surface area contributed by atoms with Crippen LogP contribution in [-0.2, 0) is 11.2 Å². The van der Waals surface area contributed by atoms with Crippen molar-refractivity contribution in [2.24, 2.45) is 0 Å². The minimum Gasteiger partial charge on any atom is -0.462 e. The molecule has 144 valence electrons. The molecule has 0 amide bonds. The van der Waals surface area contributed by atoms with Gasteiger partial charge in [-0.1, -0.05) is 19.1 Å². The summed E-state index contributed by atoms with van der Waals surface area (Å²) in [6.45, 7) is 6.19. The number of hydrogen-bond donors (Lipinski definition) is 2. The summed E-state index contributed by atoms with van der Waals surface area (Å²) in [5, 5.41) is 6.48. The lowest BCUT2D eigenvalue weighted by molar-refractivity contribution is 0.0526. The van der Waals surface area contributed by atoms with Gasteiger partial charge in [0.25, 0.3) is 0 Å². The topological polar surface area (TPSA) is 76.1 Å². The normalized spacial score (nSPS) is 10.4. The number of nitrogens with zero attached hydrogens (tertiary/aromatic N) is 2. The van der Waals surface area contributed by atoms with E-state index in [1.165, 1.54) is 5.56 Å². The highest BCUT2D eigenvalue weighted by atomic mass is 16.5. The average Bonchev–Trinajstić information content (AvgIpc) is 2.69. The van der Waals surface area contributed by atoms with E-state index in [9.17, 15) is 4.79 Å². The number of anilines is 4. The van der Waals surface area contributed by atoms with Crippen molar-refractivity contribution >= 4 is 29.1 Å². The lowest BCUT2D eigenvalue weighted by Crippen LogP contribution is -2.05. The highest BCUT2D eigenvalue weighted by Crippen LogP contribution is 2.20. The van der Waals surface area contributed by atoms with Gasteiger partial charge in [0.05, 0.1) is 12.2 Å². The maximum atomic E-state index is 11.7. The molecule has 0 saturated carbocycles. The van der Waals surface area contributed by atoms with Gasteiger partial charge in [-0.15, -0.1) is 0 Å². The molecule has 28 heavy (non-hydrogen) atoms. The van der Waals surface area contributed by atoms with Crippen molar-refractivity contribution in [2.45, 2.75) is 27.2 Å². The average molecular weight is 376 g/mol. The van der Waals surface area contributed by atoms with Crippen molar-refractivity contribution in [3.8, 4) is 0 Å². The van der Waals surface area contributed by atoms with Gasteiger partial charge in [-0.05, 0) is 62.2 Å². The number of benzene rings is 2. The number of aromatic nitrogens is 2. The molecule has 6 heteroatoms. The third kappa shape index (κ3) is 5.07. The summed E-state index contributed by atoms with van der Waals surface area (Å²) in [6, 6.07) is 17.2. The van der Waals surface area contributed by atoms with Crippen molar-refractivity contribution in [1.82, 2.24) is 9.97 Å². The number of rotatable bonds is 7. The minimum atomic E-state index is -0.332. The Morgan fingerprint density at radius 2 is 1.57 bits per heavy atom. The van der Waals surface area contributed by atoms with Gasteiger partial charge in [0.1, 0.15) is 5.82 Å². The third-order valence-corrected chi connectivity index (χ3v) is 4.14. The van der Waals surface area contributed by atoms with E-state index in [-0.39, 0.29) is 5.97 Å². The molecule has 0 bridgehead atoms. The van der Waals surface area contributed by atoms with Gasteiger partial charge in [-0.25, -0.2) is 9.78 Å². The predicted octanol–water partition coefficient (Wildman–Crippen LogP) is 5.01. The van der Waals surface area contributed by atoms with Crippen LogP contribution in [0.3, 0.4) is 0 Å². The number of aryl methyl sites for hydroxylation is 2. The molecular formula is C22H24N4O2. The first kappa shape index (κ1) is 19.4. The van der Waals surface area contributed by atoms with Gasteiger partial charge < -0.3 is 15.4 Å². The third-order valence-electron chi connectivity index (χ3n) is 4.14. The standard InChI is InChI=1S/C22H24N4O2/c1-4-16-6-10-18(11-7-16)24-20-14-15(3)23-22(26-20)25-19-12-8-17(9-13-19)21(27)28-5-2/h6-14H,4-5H2,1-3H3,(H2,23,24,25,26). The second kappa shape index (κ2) is 8.99. The second-order valence-electron chi connectivity index (χ2n) is 6.32. The largest absolute Gasteiger partial charge is 0.462 e. The monoisotopic (exact) mass is 376 g/mol. The fourth-order valence-corrected chi connectivity index (χ4v) is 2.69. The molecule has 0 saturated heterocycles. The molecule has 1 aromatic heterocycles. The molecule has 0 aliphatic carbocycles. The Balaban J connectivity index is 1.73. The smallest absolute Gasteiger partial charge is 0.338 e. The summed E-state index contributed by atoms with van der Waals surface area (Å²) in [5.74, 6) is 0.861. The lowest BCUT2D eigenvalue weighted by Gasteiger charge is -2.11. The molecule has 3 aromatic rings. The van der Waals surface area contributed by atoms with Crippen molar-refractivity contribution in [1.29, 1.82) is 0 Å². The Bertz CT molecular complexity index is 938. The Hall–Kier alpha value is -3.41. The Morgan fingerprint density at radius 1 is 0.929 bits per heavy atom. The van der Waals surface area contributed by atoms with Crippen molar-refractivity contribution in [2.75, 3.05) is 17.2 Å². The van der Waals surface area contributed by atoms with E-state index >= 15 is 0 Å². The van der Waals surface area contributed by atoms with Crippen LogP contribution in [0.2, 0.25) is 0 Å². The summed E-state index contributed by atoms with van der Waals surface area (Å²) in [4.78, 5) is 20.7. The first-order valence-electron chi connectivity index (χ1n) is 9.33. The van der Waals surface area contributed by atoms with Gasteiger partial charge in [-0.2, -0.15) is 4.98 Å². The van der Waals surface area contributed by atoms with Crippen LogP contribution in [0, 0.1) is 6.92 Å². The number of nitrogens with one attached hydrogen (secondary N) is 2. The van der Waals surface area contributed by atoms with E-state index in [4.69, 9.17) is 4.74 Å². The predicted molar refractivity (Wildman–Crippen MR) is 112 cm³/mol. The van der Waals surface area contributed by atoms with Crippen molar-refractivity contribution in [3.63, 3.8) is 0 Å². The van der Waals surface area contributed by atoms with Crippen LogP contribution in [-0.4, -0.2) is 22.5 Å². The molecule has 2 aromatic carbocycles. The van der Waals surface area contributed by atoms with Gasteiger partial charge >= 0.3 is 5.97 Å². The van der Waals surface area contributed by atoms with E-state index in [1.807, 2.05) is 25.1 Å². The summed E-state index contributed by atoms with van der Waals surface area (Å²) < 4.78 is 5.00. The SMILES string of the molecule is CCOC(=O)c1ccc(Nc2nc(C)cc(Nc3ccc(CC)cc3)n2)cc1. The number of ether oxygens (including phenoxy) is 1. The number of carbonyl (C=O) groups excluding carboxylic acids is 1.